The lowest BCUT2D eigenvalue weighted by Gasteiger charge is -2.15. The molecule has 0 aliphatic carbocycles. The quantitative estimate of drug-likeness (QED) is 0.199. The van der Waals surface area contributed by atoms with Crippen molar-refractivity contribution in [2.45, 2.75) is 19.3 Å². The predicted molar refractivity (Wildman–Crippen MR) is 138 cm³/mol. The fourth-order valence-electron chi connectivity index (χ4n) is 3.94. The summed E-state index contributed by atoms with van der Waals surface area (Å²) in [7, 11) is 0. The summed E-state index contributed by atoms with van der Waals surface area (Å²) in [6, 6.07) is 12.9. The first-order valence-electron chi connectivity index (χ1n) is 11.8. The van der Waals surface area contributed by atoms with E-state index in [1.807, 2.05) is 18.2 Å². The molecule has 40 heavy (non-hydrogen) atoms. The maximum Gasteiger partial charge on any atom is 0.417 e. The Hall–Kier alpha value is -5.07. The minimum absolute atomic E-state index is 0.0788. The summed E-state index contributed by atoms with van der Waals surface area (Å²) in [4.78, 5) is 20.9. The van der Waals surface area contributed by atoms with Crippen LogP contribution in [0.15, 0.2) is 67.0 Å². The van der Waals surface area contributed by atoms with Crippen LogP contribution in [-0.2, 0) is 19.3 Å². The number of alkyl halides is 3. The van der Waals surface area contributed by atoms with E-state index in [1.54, 1.807) is 18.3 Å². The van der Waals surface area contributed by atoms with E-state index in [1.165, 1.54) is 6.07 Å². The maximum atomic E-state index is 13.5. The number of hydrogen-bond donors (Lipinski definition) is 4. The summed E-state index contributed by atoms with van der Waals surface area (Å²) in [5, 5.41) is 12.7. The molecule has 2 aromatic carbocycles. The molecule has 13 heteroatoms. The number of H-pyrrole nitrogens is 1. The summed E-state index contributed by atoms with van der Waals surface area (Å²) in [6.45, 7) is -0.0909. The molecule has 3 heterocycles. The number of carbonyl (C=O) groups is 1. The number of fused-ring (bicyclic) bond motifs is 1. The highest BCUT2D eigenvalue weighted by Gasteiger charge is 2.32. The van der Waals surface area contributed by atoms with Crippen LogP contribution in [0, 0.1) is 11.6 Å². The van der Waals surface area contributed by atoms with Crippen LogP contribution in [-0.4, -0.2) is 26.1 Å². The van der Waals surface area contributed by atoms with Crippen LogP contribution in [0.25, 0.3) is 22.2 Å². The largest absolute Gasteiger partial charge is 0.417 e. The Bertz CT molecular complexity index is 1700. The zero-order chi connectivity index (χ0) is 28.4. The fraction of sp³-hybridized carbons (Fsp3) is 0.111. The summed E-state index contributed by atoms with van der Waals surface area (Å²) in [5.41, 5.74) is 7.56. The Morgan fingerprint density at radius 3 is 2.35 bits per heavy atom. The van der Waals surface area contributed by atoms with Gasteiger partial charge in [0.1, 0.15) is 11.6 Å². The molecule has 0 spiro atoms. The molecule has 0 unspecified atom stereocenters. The SMILES string of the molecule is Nc1[nH]nc2ncc(-c3ccc(CNc4ncc(C(F)(F)F)cc4C(=O)NCc4ccc(F)c(F)c4)cc3)cc12. The average molecular weight is 553 g/mol. The molecule has 0 aliphatic heterocycles. The van der Waals surface area contributed by atoms with Gasteiger partial charge in [-0.2, -0.15) is 18.3 Å². The van der Waals surface area contributed by atoms with Gasteiger partial charge in [0.2, 0.25) is 0 Å². The third kappa shape index (κ3) is 5.67. The molecule has 0 aliphatic rings. The lowest BCUT2D eigenvalue weighted by molar-refractivity contribution is -0.137. The summed E-state index contributed by atoms with van der Waals surface area (Å²) in [6.07, 6.45) is -2.44. The number of amides is 1. The number of nitrogens with zero attached hydrogens (tertiary/aromatic N) is 3. The number of nitrogens with two attached hydrogens (primary N) is 1. The van der Waals surface area contributed by atoms with Crippen molar-refractivity contribution in [3.8, 4) is 11.1 Å². The lowest BCUT2D eigenvalue weighted by Crippen LogP contribution is -2.25. The first-order chi connectivity index (χ1) is 19.1. The van der Waals surface area contributed by atoms with Crippen molar-refractivity contribution < 1.29 is 26.7 Å². The number of halogens is 5. The third-order valence-corrected chi connectivity index (χ3v) is 6.08. The molecule has 0 atom stereocenters. The molecule has 5 aromatic rings. The molecule has 5 N–H and O–H groups in total. The Kier molecular flexibility index (Phi) is 7.03. The van der Waals surface area contributed by atoms with Gasteiger partial charge in [0.15, 0.2) is 17.3 Å². The van der Waals surface area contributed by atoms with Gasteiger partial charge in [-0.3, -0.25) is 9.89 Å². The van der Waals surface area contributed by atoms with Crippen molar-refractivity contribution in [2.24, 2.45) is 0 Å². The van der Waals surface area contributed by atoms with Gasteiger partial charge in [-0.25, -0.2) is 18.7 Å². The van der Waals surface area contributed by atoms with Crippen LogP contribution in [0.4, 0.5) is 33.6 Å². The van der Waals surface area contributed by atoms with E-state index in [9.17, 15) is 26.7 Å². The molecule has 5 rings (SSSR count). The molecule has 0 fully saturated rings. The number of hydrogen-bond acceptors (Lipinski definition) is 6. The van der Waals surface area contributed by atoms with Gasteiger partial charge in [0.05, 0.1) is 16.5 Å². The number of aromatic nitrogens is 4. The number of anilines is 2. The second-order valence-electron chi connectivity index (χ2n) is 8.83. The normalized spacial score (nSPS) is 11.5. The van der Waals surface area contributed by atoms with Crippen molar-refractivity contribution in [3.63, 3.8) is 0 Å². The Morgan fingerprint density at radius 2 is 1.62 bits per heavy atom. The van der Waals surface area contributed by atoms with Crippen LogP contribution < -0.4 is 16.4 Å². The van der Waals surface area contributed by atoms with Gasteiger partial charge in [-0.1, -0.05) is 30.3 Å². The fourth-order valence-corrected chi connectivity index (χ4v) is 3.94. The predicted octanol–water partition coefficient (Wildman–Crippen LogP) is 5.44. The third-order valence-electron chi connectivity index (χ3n) is 6.08. The lowest BCUT2D eigenvalue weighted by atomic mass is 10.0. The molecular formula is C27H20F5N7O. The molecule has 204 valence electrons. The van der Waals surface area contributed by atoms with Crippen molar-refractivity contribution >= 4 is 28.6 Å². The van der Waals surface area contributed by atoms with Crippen molar-refractivity contribution in [2.75, 3.05) is 11.1 Å². The molecule has 0 saturated heterocycles. The van der Waals surface area contributed by atoms with Crippen molar-refractivity contribution in [1.82, 2.24) is 25.5 Å². The van der Waals surface area contributed by atoms with Gasteiger partial charge in [0.25, 0.3) is 5.91 Å². The summed E-state index contributed by atoms with van der Waals surface area (Å²) >= 11 is 0. The highest BCUT2D eigenvalue weighted by atomic mass is 19.4. The van der Waals surface area contributed by atoms with Crippen molar-refractivity contribution in [1.29, 1.82) is 0 Å². The average Bonchev–Trinajstić information content (AvgIpc) is 3.32. The number of aromatic amines is 1. The van der Waals surface area contributed by atoms with E-state index in [4.69, 9.17) is 5.73 Å². The van der Waals surface area contributed by atoms with Gasteiger partial charge >= 0.3 is 6.18 Å². The summed E-state index contributed by atoms with van der Waals surface area (Å²) in [5.74, 6) is -2.72. The second kappa shape index (κ2) is 10.6. The topological polar surface area (TPSA) is 122 Å². The number of rotatable bonds is 7. The molecule has 3 aromatic heterocycles. The molecule has 0 radical (unpaired) electrons. The van der Waals surface area contributed by atoms with Crippen LogP contribution in [0.3, 0.4) is 0 Å². The Balaban J connectivity index is 1.32. The standard InChI is InChI=1S/C27H20F5N7O/c28-21-6-3-15(7-22(21)29)11-37-26(40)20-9-18(27(30,31)32)13-36-24(20)34-10-14-1-4-16(5-2-14)17-8-19-23(33)38-39-25(19)35-12-17/h1-9,12-13H,10-11H2,(H,34,36)(H,37,40)(H3,33,35,38,39). The zero-order valence-electron chi connectivity index (χ0n) is 20.5. The highest BCUT2D eigenvalue weighted by Crippen LogP contribution is 2.31. The van der Waals surface area contributed by atoms with Crippen LogP contribution >= 0.6 is 0 Å². The van der Waals surface area contributed by atoms with Gasteiger partial charge in [0, 0.05) is 31.0 Å². The smallest absolute Gasteiger partial charge is 0.384 e. The minimum atomic E-state index is -4.73. The number of carbonyl (C=O) groups excluding carboxylic acids is 1. The first-order valence-corrected chi connectivity index (χ1v) is 11.8. The molecule has 8 nitrogen and oxygen atoms in total. The van der Waals surface area contributed by atoms with Crippen LogP contribution in [0.1, 0.15) is 27.0 Å². The number of nitrogen functional groups attached to an aromatic ring is 1. The second-order valence-corrected chi connectivity index (χ2v) is 8.83. The van der Waals surface area contributed by atoms with E-state index in [2.05, 4.69) is 30.8 Å². The Morgan fingerprint density at radius 1 is 0.875 bits per heavy atom. The summed E-state index contributed by atoms with van der Waals surface area (Å²) < 4.78 is 66.6. The number of nitrogens with one attached hydrogen (secondary N) is 3. The minimum Gasteiger partial charge on any atom is -0.384 e. The molecular weight excluding hydrogens is 533 g/mol. The zero-order valence-corrected chi connectivity index (χ0v) is 20.5. The van der Waals surface area contributed by atoms with Crippen LogP contribution in [0.5, 0.6) is 0 Å². The van der Waals surface area contributed by atoms with E-state index in [-0.39, 0.29) is 30.0 Å². The van der Waals surface area contributed by atoms with Crippen molar-refractivity contribution in [3.05, 3.63) is 101 Å². The molecule has 0 saturated carbocycles. The highest BCUT2D eigenvalue weighted by molar-refractivity contribution is 5.99. The van der Waals surface area contributed by atoms with Gasteiger partial charge in [-0.15, -0.1) is 0 Å². The van der Waals surface area contributed by atoms with E-state index in [0.29, 0.717) is 29.1 Å². The monoisotopic (exact) mass is 553 g/mol. The van der Waals surface area contributed by atoms with Crippen LogP contribution in [0.2, 0.25) is 0 Å². The van der Waals surface area contributed by atoms with E-state index < -0.39 is 29.3 Å². The Labute approximate surface area is 223 Å². The van der Waals surface area contributed by atoms with E-state index >= 15 is 0 Å². The van der Waals surface area contributed by atoms with Gasteiger partial charge < -0.3 is 16.4 Å². The molecule has 0 bridgehead atoms. The maximum absolute atomic E-state index is 13.5. The van der Waals surface area contributed by atoms with E-state index in [0.717, 1.165) is 28.8 Å². The number of pyridine rings is 2. The van der Waals surface area contributed by atoms with Gasteiger partial charge in [-0.05, 0) is 41.0 Å². The first kappa shape index (κ1) is 26.5. The number of benzene rings is 2. The molecule has 1 amide bonds.